The number of nitriles is 1. The number of carbonyl (C=O) groups is 1. The summed E-state index contributed by atoms with van der Waals surface area (Å²) in [7, 11) is 0. The van der Waals surface area contributed by atoms with E-state index < -0.39 is 30.1 Å². The van der Waals surface area contributed by atoms with Crippen LogP contribution in [-0.4, -0.2) is 35.1 Å². The van der Waals surface area contributed by atoms with Crippen molar-refractivity contribution < 1.29 is 26.7 Å². The normalized spacial score (nSPS) is 13.2. The van der Waals surface area contributed by atoms with Gasteiger partial charge in [0.05, 0.1) is 11.9 Å². The zero-order chi connectivity index (χ0) is 22.4. The lowest BCUT2D eigenvalue weighted by molar-refractivity contribution is -0.293. The maximum atomic E-state index is 14.1. The third kappa shape index (κ3) is 5.77. The Balaban J connectivity index is 2.34. The summed E-state index contributed by atoms with van der Waals surface area (Å²) in [5.74, 6) is -7.48. The number of hydrogen-bond donors (Lipinski definition) is 3. The third-order valence-corrected chi connectivity index (χ3v) is 3.70. The summed E-state index contributed by atoms with van der Waals surface area (Å²) in [6.07, 6.45) is -5.20. The van der Waals surface area contributed by atoms with Crippen molar-refractivity contribution in [1.29, 1.82) is 5.26 Å². The van der Waals surface area contributed by atoms with E-state index in [2.05, 4.69) is 15.3 Å². The van der Waals surface area contributed by atoms with Crippen LogP contribution in [0.5, 0.6) is 0 Å². The predicted molar refractivity (Wildman–Crippen MR) is 97.8 cm³/mol. The lowest BCUT2D eigenvalue weighted by atomic mass is 10.2. The monoisotopic (exact) mass is 446 g/mol. The zero-order valence-electron chi connectivity index (χ0n) is 14.7. The van der Waals surface area contributed by atoms with Gasteiger partial charge in [0.1, 0.15) is 0 Å². The van der Waals surface area contributed by atoms with E-state index in [1.165, 1.54) is 48.9 Å². The molecule has 1 aromatic carbocycles. The Bertz CT molecular complexity index is 961. The molecule has 0 aliphatic heterocycles. The molecule has 13 heteroatoms. The second kappa shape index (κ2) is 9.36. The average molecular weight is 447 g/mol. The number of anilines is 1. The van der Waals surface area contributed by atoms with Gasteiger partial charge in [0.25, 0.3) is 5.91 Å². The molecule has 2 aromatic rings. The minimum absolute atomic E-state index is 0.0692. The molecule has 1 heterocycles. The molecule has 1 aromatic heterocycles. The van der Waals surface area contributed by atoms with Crippen LogP contribution in [-0.2, 0) is 0 Å². The van der Waals surface area contributed by atoms with Gasteiger partial charge in [0, 0.05) is 16.8 Å². The molecule has 1 atom stereocenters. The quantitative estimate of drug-likeness (QED) is 0.214. The van der Waals surface area contributed by atoms with E-state index in [0.717, 1.165) is 6.07 Å². The fourth-order valence-corrected chi connectivity index (χ4v) is 2.27. The molecule has 0 aliphatic rings. The molecular formula is C17H12ClF5N6O. The molecule has 0 bridgehead atoms. The van der Waals surface area contributed by atoms with Gasteiger partial charge in [0.2, 0.25) is 12.2 Å². The topological polar surface area (TPSA) is 102 Å². The number of carbonyl (C=O) groups excluding carboxylic acids is 1. The van der Waals surface area contributed by atoms with Gasteiger partial charge in [0.15, 0.2) is 6.17 Å². The van der Waals surface area contributed by atoms with Crippen molar-refractivity contribution >= 4 is 29.2 Å². The average Bonchev–Trinajstić information content (AvgIpc) is 2.67. The largest absolute Gasteiger partial charge is 0.457 e. The minimum Gasteiger partial charge on any atom is -0.330 e. The van der Waals surface area contributed by atoms with Crippen molar-refractivity contribution in [3.05, 3.63) is 59.4 Å². The molecule has 7 nitrogen and oxygen atoms in total. The minimum atomic E-state index is -6.03. The van der Waals surface area contributed by atoms with Crippen LogP contribution >= 0.6 is 11.6 Å². The number of nitrogens with one attached hydrogen (secondary N) is 3. The van der Waals surface area contributed by atoms with Gasteiger partial charge in [-0.25, -0.2) is 0 Å². The molecule has 0 saturated heterocycles. The standard InChI is InChI=1S/C17H12ClF5N6O/c18-11-4-1-3-10(7-11)13(30)28-14(16(19,20)17(21,22)23)29-15(26-9-24)27-12-5-2-6-25-8-12/h1-8,14H,(H,28,30)(H2,26,27,29). The Kier molecular flexibility index (Phi) is 7.12. The SMILES string of the molecule is N#C/N=C(\Nc1cccnc1)NC(NC(=O)c1cccc(Cl)c1)C(F)(F)C(F)(F)F. The number of rotatable bonds is 5. The van der Waals surface area contributed by atoms with Crippen LogP contribution in [0.3, 0.4) is 0 Å². The van der Waals surface area contributed by atoms with E-state index in [0.29, 0.717) is 0 Å². The highest BCUT2D eigenvalue weighted by molar-refractivity contribution is 6.30. The molecule has 3 N–H and O–H groups in total. The second-order valence-electron chi connectivity index (χ2n) is 5.61. The highest BCUT2D eigenvalue weighted by Gasteiger charge is 2.63. The third-order valence-electron chi connectivity index (χ3n) is 3.47. The second-order valence-corrected chi connectivity index (χ2v) is 6.05. The summed E-state index contributed by atoms with van der Waals surface area (Å²) in [5.41, 5.74) is -0.125. The maximum Gasteiger partial charge on any atom is 0.457 e. The van der Waals surface area contributed by atoms with Crippen molar-refractivity contribution in [1.82, 2.24) is 15.6 Å². The van der Waals surface area contributed by atoms with Crippen LogP contribution in [0, 0.1) is 11.5 Å². The molecule has 0 saturated carbocycles. The Labute approximate surface area is 171 Å². The summed E-state index contributed by atoms with van der Waals surface area (Å²) < 4.78 is 67.1. The highest BCUT2D eigenvalue weighted by Crippen LogP contribution is 2.37. The fraction of sp³-hybridized carbons (Fsp3) is 0.176. The summed E-state index contributed by atoms with van der Waals surface area (Å²) in [6, 6.07) is 7.78. The smallest absolute Gasteiger partial charge is 0.330 e. The summed E-state index contributed by atoms with van der Waals surface area (Å²) in [6.45, 7) is 0. The van der Waals surface area contributed by atoms with E-state index >= 15 is 0 Å². The van der Waals surface area contributed by atoms with Crippen molar-refractivity contribution in [2.45, 2.75) is 18.3 Å². The van der Waals surface area contributed by atoms with Crippen molar-refractivity contribution in [3.63, 3.8) is 0 Å². The lowest BCUT2D eigenvalue weighted by Gasteiger charge is -2.30. The molecule has 158 valence electrons. The van der Waals surface area contributed by atoms with Gasteiger partial charge in [-0.2, -0.15) is 27.2 Å². The molecule has 2 rings (SSSR count). The van der Waals surface area contributed by atoms with Gasteiger partial charge >= 0.3 is 12.1 Å². The first kappa shape index (κ1) is 22.8. The van der Waals surface area contributed by atoms with Crippen molar-refractivity contribution in [3.8, 4) is 6.19 Å². The van der Waals surface area contributed by atoms with Crippen LogP contribution < -0.4 is 16.0 Å². The van der Waals surface area contributed by atoms with Gasteiger partial charge in [-0.15, -0.1) is 4.99 Å². The van der Waals surface area contributed by atoms with Crippen LogP contribution in [0.4, 0.5) is 27.6 Å². The molecule has 1 unspecified atom stereocenters. The van der Waals surface area contributed by atoms with Crippen molar-refractivity contribution in [2.75, 3.05) is 5.32 Å². The number of aromatic nitrogens is 1. The van der Waals surface area contributed by atoms with E-state index in [1.807, 2.05) is 0 Å². The predicted octanol–water partition coefficient (Wildman–Crippen LogP) is 3.53. The molecule has 0 spiro atoms. The van der Waals surface area contributed by atoms with E-state index in [-0.39, 0.29) is 16.3 Å². The van der Waals surface area contributed by atoms with Gasteiger partial charge in [-0.05, 0) is 30.3 Å². The first-order valence-electron chi connectivity index (χ1n) is 7.96. The van der Waals surface area contributed by atoms with Crippen LogP contribution in [0.15, 0.2) is 53.8 Å². The van der Waals surface area contributed by atoms with Gasteiger partial charge < -0.3 is 16.0 Å². The Morgan fingerprint density at radius 3 is 2.47 bits per heavy atom. The van der Waals surface area contributed by atoms with E-state index in [9.17, 15) is 26.7 Å². The van der Waals surface area contributed by atoms with Gasteiger partial charge in [-0.3, -0.25) is 9.78 Å². The number of benzene rings is 1. The molecular weight excluding hydrogens is 435 g/mol. The number of hydrogen-bond acceptors (Lipinski definition) is 4. The number of pyridine rings is 1. The van der Waals surface area contributed by atoms with Crippen LogP contribution in [0.2, 0.25) is 5.02 Å². The highest BCUT2D eigenvalue weighted by atomic mass is 35.5. The number of alkyl halides is 5. The number of aliphatic imine (C=N–C) groups is 1. The number of amides is 1. The summed E-state index contributed by atoms with van der Waals surface area (Å²) >= 11 is 5.71. The Morgan fingerprint density at radius 1 is 1.17 bits per heavy atom. The first-order valence-corrected chi connectivity index (χ1v) is 8.33. The zero-order valence-corrected chi connectivity index (χ0v) is 15.5. The molecule has 0 fully saturated rings. The van der Waals surface area contributed by atoms with Gasteiger partial charge in [-0.1, -0.05) is 17.7 Å². The first-order chi connectivity index (χ1) is 14.0. The summed E-state index contributed by atoms with van der Waals surface area (Å²) in [5, 5.41) is 14.4. The Hall–Kier alpha value is -3.46. The molecule has 0 radical (unpaired) electrons. The molecule has 1 amide bonds. The molecule has 0 aliphatic carbocycles. The molecule has 30 heavy (non-hydrogen) atoms. The van der Waals surface area contributed by atoms with E-state index in [4.69, 9.17) is 16.9 Å². The van der Waals surface area contributed by atoms with Crippen molar-refractivity contribution in [2.24, 2.45) is 4.99 Å². The lowest BCUT2D eigenvalue weighted by Crippen LogP contribution is -2.64. The van der Waals surface area contributed by atoms with Crippen LogP contribution in [0.1, 0.15) is 10.4 Å². The maximum absolute atomic E-state index is 14.1. The number of halogens is 6. The number of nitrogens with zero attached hydrogens (tertiary/aromatic N) is 3. The van der Waals surface area contributed by atoms with E-state index in [1.54, 1.807) is 10.6 Å². The Morgan fingerprint density at radius 2 is 1.90 bits per heavy atom. The van der Waals surface area contributed by atoms with Crippen LogP contribution in [0.25, 0.3) is 0 Å². The summed E-state index contributed by atoms with van der Waals surface area (Å²) in [4.78, 5) is 19.1. The fourth-order valence-electron chi connectivity index (χ4n) is 2.08. The number of guanidine groups is 1.